The van der Waals surface area contributed by atoms with Crippen molar-refractivity contribution in [1.29, 1.82) is 0 Å². The predicted octanol–water partition coefficient (Wildman–Crippen LogP) is 2.94. The van der Waals surface area contributed by atoms with E-state index in [1.165, 1.54) is 27.6 Å². The largest absolute Gasteiger partial charge is 0.418 e. The molecule has 0 aliphatic heterocycles. The summed E-state index contributed by atoms with van der Waals surface area (Å²) in [5.74, 6) is 0. The molecular formula is C7H3F5INO. The fraction of sp³-hybridized carbons (Fsp3) is 0.286. The van der Waals surface area contributed by atoms with E-state index in [0.717, 1.165) is 0 Å². The van der Waals surface area contributed by atoms with Crippen molar-refractivity contribution in [1.82, 2.24) is 4.98 Å². The molecule has 0 atom stereocenters. The Bertz CT molecular complexity index is 424. The fourth-order valence-corrected chi connectivity index (χ4v) is 1.37. The van der Waals surface area contributed by atoms with Crippen molar-refractivity contribution in [2.24, 2.45) is 0 Å². The minimum Gasteiger partial charge on any atom is -0.320 e. The minimum atomic E-state index is -4.91. The molecule has 0 saturated heterocycles. The molecule has 0 fully saturated rings. The quantitative estimate of drug-likeness (QED) is 0.619. The molecule has 1 rings (SSSR count). The first kappa shape index (κ1) is 12.4. The number of halogens is 6. The third kappa shape index (κ3) is 2.67. The van der Waals surface area contributed by atoms with E-state index in [0.29, 0.717) is 6.07 Å². The Labute approximate surface area is 93.6 Å². The Morgan fingerprint density at radius 1 is 1.33 bits per heavy atom. The van der Waals surface area contributed by atoms with Gasteiger partial charge in [-0.1, -0.05) is 0 Å². The van der Waals surface area contributed by atoms with Gasteiger partial charge in [-0.2, -0.15) is 13.2 Å². The molecule has 0 amide bonds. The van der Waals surface area contributed by atoms with Gasteiger partial charge in [0, 0.05) is 0 Å². The van der Waals surface area contributed by atoms with Crippen LogP contribution in [0.25, 0.3) is 0 Å². The molecule has 0 aromatic carbocycles. The lowest BCUT2D eigenvalue weighted by Crippen LogP contribution is -2.19. The summed E-state index contributed by atoms with van der Waals surface area (Å²) in [6.45, 7) is 0. The van der Waals surface area contributed by atoms with E-state index < -0.39 is 29.4 Å². The number of aromatic nitrogens is 1. The van der Waals surface area contributed by atoms with Crippen LogP contribution in [-0.4, -0.2) is 4.98 Å². The second-order valence-electron chi connectivity index (χ2n) is 2.57. The molecule has 84 valence electrons. The van der Waals surface area contributed by atoms with Gasteiger partial charge in [-0.3, -0.25) is 4.79 Å². The Hall–Kier alpha value is -0.670. The van der Waals surface area contributed by atoms with E-state index in [1.54, 1.807) is 0 Å². The van der Waals surface area contributed by atoms with E-state index in [9.17, 15) is 26.7 Å². The summed E-state index contributed by atoms with van der Waals surface area (Å²) in [7, 11) is 0. The maximum Gasteiger partial charge on any atom is 0.418 e. The smallest absolute Gasteiger partial charge is 0.320 e. The van der Waals surface area contributed by atoms with Crippen LogP contribution in [0, 0.1) is 3.57 Å². The van der Waals surface area contributed by atoms with Crippen molar-refractivity contribution >= 4 is 22.6 Å². The van der Waals surface area contributed by atoms with Crippen LogP contribution in [0.2, 0.25) is 0 Å². The zero-order chi connectivity index (χ0) is 11.8. The van der Waals surface area contributed by atoms with E-state index in [2.05, 4.69) is 0 Å². The number of nitrogens with one attached hydrogen (secondary N) is 1. The van der Waals surface area contributed by atoms with Gasteiger partial charge in [0.25, 0.3) is 12.0 Å². The van der Waals surface area contributed by atoms with Crippen LogP contribution in [0.4, 0.5) is 22.0 Å². The lowest BCUT2D eigenvalue weighted by atomic mass is 10.2. The summed E-state index contributed by atoms with van der Waals surface area (Å²) in [5, 5.41) is 0. The summed E-state index contributed by atoms with van der Waals surface area (Å²) in [5.41, 5.74) is -3.87. The molecule has 1 aromatic heterocycles. The second kappa shape index (κ2) is 4.06. The standard InChI is InChI=1S/C7H3F5INO/c8-5(9)4-2(7(10,11)12)1-3(13)6(15)14-4/h1,5H,(H,14,15). The number of aromatic amines is 1. The average molecular weight is 339 g/mol. The first-order valence-corrected chi connectivity index (χ1v) is 4.59. The van der Waals surface area contributed by atoms with Gasteiger partial charge in [0.15, 0.2) is 0 Å². The van der Waals surface area contributed by atoms with Crippen LogP contribution in [-0.2, 0) is 6.18 Å². The van der Waals surface area contributed by atoms with Gasteiger partial charge in [0.05, 0.1) is 14.8 Å². The van der Waals surface area contributed by atoms with Gasteiger partial charge in [-0.05, 0) is 28.7 Å². The lowest BCUT2D eigenvalue weighted by Gasteiger charge is -2.11. The highest BCUT2D eigenvalue weighted by Crippen LogP contribution is 2.34. The van der Waals surface area contributed by atoms with Crippen molar-refractivity contribution in [3.05, 3.63) is 31.2 Å². The van der Waals surface area contributed by atoms with Gasteiger partial charge in [-0.25, -0.2) is 8.78 Å². The summed E-state index contributed by atoms with van der Waals surface area (Å²) >= 11 is 1.34. The lowest BCUT2D eigenvalue weighted by molar-refractivity contribution is -0.140. The number of hydrogen-bond acceptors (Lipinski definition) is 1. The number of pyridine rings is 1. The molecule has 15 heavy (non-hydrogen) atoms. The minimum absolute atomic E-state index is 0.288. The molecule has 0 aliphatic carbocycles. The fourth-order valence-electron chi connectivity index (χ4n) is 0.926. The van der Waals surface area contributed by atoms with Gasteiger partial charge >= 0.3 is 6.18 Å². The Balaban J connectivity index is 3.49. The number of rotatable bonds is 1. The second-order valence-corrected chi connectivity index (χ2v) is 3.73. The number of alkyl halides is 5. The zero-order valence-corrected chi connectivity index (χ0v) is 8.99. The van der Waals surface area contributed by atoms with Crippen molar-refractivity contribution in [2.45, 2.75) is 12.6 Å². The highest BCUT2D eigenvalue weighted by molar-refractivity contribution is 14.1. The van der Waals surface area contributed by atoms with Gasteiger partial charge < -0.3 is 4.98 Å². The SMILES string of the molecule is O=c1[nH]c(C(F)F)c(C(F)(F)F)cc1I. The molecule has 8 heteroatoms. The molecule has 0 spiro atoms. The van der Waals surface area contributed by atoms with Gasteiger partial charge in [0.2, 0.25) is 0 Å². The summed E-state index contributed by atoms with van der Waals surface area (Å²) < 4.78 is 60.9. The molecule has 0 radical (unpaired) electrons. The van der Waals surface area contributed by atoms with Gasteiger partial charge in [-0.15, -0.1) is 0 Å². The van der Waals surface area contributed by atoms with Crippen molar-refractivity contribution in [2.75, 3.05) is 0 Å². The zero-order valence-electron chi connectivity index (χ0n) is 6.83. The van der Waals surface area contributed by atoms with E-state index in [4.69, 9.17) is 0 Å². The average Bonchev–Trinajstić information content (AvgIpc) is 2.06. The Morgan fingerprint density at radius 3 is 2.27 bits per heavy atom. The van der Waals surface area contributed by atoms with Crippen LogP contribution < -0.4 is 5.56 Å². The highest BCUT2D eigenvalue weighted by atomic mass is 127. The van der Waals surface area contributed by atoms with E-state index in [1.807, 2.05) is 0 Å². The highest BCUT2D eigenvalue weighted by Gasteiger charge is 2.36. The Morgan fingerprint density at radius 2 is 1.87 bits per heavy atom. The monoisotopic (exact) mass is 339 g/mol. The normalized spacial score (nSPS) is 12.2. The third-order valence-electron chi connectivity index (χ3n) is 1.55. The summed E-state index contributed by atoms with van der Waals surface area (Å²) in [4.78, 5) is 12.4. The third-order valence-corrected chi connectivity index (χ3v) is 2.35. The first-order valence-electron chi connectivity index (χ1n) is 3.51. The molecular weight excluding hydrogens is 336 g/mol. The summed E-state index contributed by atoms with van der Waals surface area (Å²) in [6.07, 6.45) is -8.28. The molecule has 0 aliphatic rings. The first-order chi connectivity index (χ1) is 6.73. The van der Waals surface area contributed by atoms with Crippen LogP contribution in [0.5, 0.6) is 0 Å². The van der Waals surface area contributed by atoms with E-state index >= 15 is 0 Å². The predicted molar refractivity (Wildman–Crippen MR) is 49.7 cm³/mol. The van der Waals surface area contributed by atoms with Crippen molar-refractivity contribution in [3.63, 3.8) is 0 Å². The topological polar surface area (TPSA) is 32.9 Å². The summed E-state index contributed by atoms with van der Waals surface area (Å²) in [6, 6.07) is 0.404. The van der Waals surface area contributed by atoms with Crippen LogP contribution in [0.15, 0.2) is 10.9 Å². The molecule has 1 heterocycles. The number of hydrogen-bond donors (Lipinski definition) is 1. The molecule has 1 aromatic rings. The number of H-pyrrole nitrogens is 1. The maximum atomic E-state index is 12.3. The Kier molecular flexibility index (Phi) is 3.36. The molecule has 0 unspecified atom stereocenters. The van der Waals surface area contributed by atoms with Crippen LogP contribution >= 0.6 is 22.6 Å². The van der Waals surface area contributed by atoms with Crippen LogP contribution in [0.1, 0.15) is 17.7 Å². The molecule has 2 nitrogen and oxygen atoms in total. The van der Waals surface area contributed by atoms with Crippen molar-refractivity contribution in [3.8, 4) is 0 Å². The van der Waals surface area contributed by atoms with E-state index in [-0.39, 0.29) is 3.57 Å². The van der Waals surface area contributed by atoms with Crippen LogP contribution in [0.3, 0.4) is 0 Å². The van der Waals surface area contributed by atoms with Crippen molar-refractivity contribution < 1.29 is 22.0 Å². The maximum absolute atomic E-state index is 12.3. The molecule has 0 saturated carbocycles. The molecule has 1 N–H and O–H groups in total. The van der Waals surface area contributed by atoms with Gasteiger partial charge in [0.1, 0.15) is 0 Å². The molecule has 0 bridgehead atoms.